The summed E-state index contributed by atoms with van der Waals surface area (Å²) in [5.74, 6) is -10.4. The smallest absolute Gasteiger partial charge is 0.474 e. The number of hydrogen-bond acceptors (Lipinski definition) is 31. The first-order valence-electron chi connectivity index (χ1n) is 32.2. The van der Waals surface area contributed by atoms with E-state index in [2.05, 4.69) is 17.6 Å². The van der Waals surface area contributed by atoms with E-state index in [4.69, 9.17) is 79.4 Å². The first kappa shape index (κ1) is 82.6. The van der Waals surface area contributed by atoms with Crippen LogP contribution in [-0.4, -0.2) is 294 Å². The molecule has 27 unspecified atom stereocenters. The Balaban J connectivity index is 1.40. The molecule has 5 rings (SSSR count). The molecule has 1 saturated carbocycles. The molecule has 0 bridgehead atoms. The van der Waals surface area contributed by atoms with Crippen LogP contribution in [0, 0.1) is 11.8 Å². The summed E-state index contributed by atoms with van der Waals surface area (Å²) in [7, 11) is -5.80. The molecular formula is C57H101N6O32P. The summed E-state index contributed by atoms with van der Waals surface area (Å²) in [5.41, 5.74) is 19.1. The van der Waals surface area contributed by atoms with E-state index in [9.17, 15) is 99.5 Å². The summed E-state index contributed by atoms with van der Waals surface area (Å²) in [4.78, 5) is 87.6. The number of aliphatic carboxylic acids is 1. The summed E-state index contributed by atoms with van der Waals surface area (Å²) in [6, 6.07) is -2.11. The number of aliphatic hydroxyl groups is 11. The third-order valence-electron chi connectivity index (χ3n) is 17.5. The average Bonchev–Trinajstić information content (AvgIpc) is 0.754. The molecule has 0 spiro atoms. The van der Waals surface area contributed by atoms with Gasteiger partial charge in [-0.2, -0.15) is 0 Å². The van der Waals surface area contributed by atoms with Crippen LogP contribution in [0.1, 0.15) is 118 Å². The fourth-order valence-electron chi connectivity index (χ4n) is 12.2. The molecule has 5 amide bonds. The number of nitrogens with one attached hydrogen (secondary N) is 2. The van der Waals surface area contributed by atoms with Crippen LogP contribution in [0.5, 0.6) is 0 Å². The van der Waals surface area contributed by atoms with Crippen molar-refractivity contribution in [1.29, 1.82) is 0 Å². The topological polar surface area (TPSA) is 621 Å². The summed E-state index contributed by atoms with van der Waals surface area (Å²) in [6.45, 7) is 2.33. The van der Waals surface area contributed by atoms with E-state index in [-0.39, 0.29) is 13.2 Å². The third kappa shape index (κ3) is 22.4. The predicted octanol–water partition coefficient (Wildman–Crippen LogP) is -6.22. The Morgan fingerprint density at radius 2 is 1.17 bits per heavy atom. The number of rotatable bonds is 40. The largest absolute Gasteiger partial charge is 0.479 e. The minimum atomic E-state index is -5.80. The lowest BCUT2D eigenvalue weighted by Crippen LogP contribution is -2.72. The minimum absolute atomic E-state index is 0.158. The van der Waals surface area contributed by atoms with Gasteiger partial charge in [-0.3, -0.25) is 28.2 Å². The molecule has 0 aromatic heterocycles. The second-order valence-corrected chi connectivity index (χ2v) is 26.3. The SMILES string of the molecule is CCCCCCCCCCCCCCCCNCCO[C@H](COP(=O)(O)OC1OC(C(N)=O)C(C)(O)C(OC(N)=O)C1OC1OC(COC2OC(CO)C(O)C(O)C2O)C(OC2C(C)C(OC3OC(C(N)=O)C(O)C(O)C3O)C(C(N)=O)C(O)C2O)C(O)C1NC(C)=O)C(=O)O. The lowest BCUT2D eigenvalue weighted by atomic mass is 9.73. The van der Waals surface area contributed by atoms with Crippen molar-refractivity contribution in [2.75, 3.05) is 39.5 Å². The van der Waals surface area contributed by atoms with Crippen LogP contribution in [0.25, 0.3) is 0 Å². The summed E-state index contributed by atoms with van der Waals surface area (Å²) < 4.78 is 81.8. The second-order valence-electron chi connectivity index (χ2n) is 24.9. The van der Waals surface area contributed by atoms with Crippen LogP contribution in [0.15, 0.2) is 0 Å². The van der Waals surface area contributed by atoms with E-state index in [1.165, 1.54) is 64.7 Å². The molecule has 1 aliphatic carbocycles. The quantitative estimate of drug-likeness (QED) is 0.0200. The number of primary amides is 4. The van der Waals surface area contributed by atoms with Crippen molar-refractivity contribution < 1.29 is 156 Å². The van der Waals surface area contributed by atoms with Gasteiger partial charge in [0.1, 0.15) is 78.8 Å². The number of amides is 5. The molecule has 39 heteroatoms. The highest BCUT2D eigenvalue weighted by molar-refractivity contribution is 7.47. The molecule has 5 fully saturated rings. The van der Waals surface area contributed by atoms with Gasteiger partial charge in [0.2, 0.25) is 23.6 Å². The Morgan fingerprint density at radius 1 is 0.604 bits per heavy atom. The lowest BCUT2D eigenvalue weighted by molar-refractivity contribution is -0.365. The zero-order chi connectivity index (χ0) is 71.5. The van der Waals surface area contributed by atoms with Gasteiger partial charge in [0.25, 0.3) is 0 Å². The maximum absolute atomic E-state index is 13.9. The standard InChI is InChI=1S/C57H101N6O32P/c1-5-6-7-8-9-10-11-12-13-14-15-16-17-18-19-62-20-21-84-29(51(78)79)24-86-96(82,83)95-55-45(46(94-56(61)80)57(4,81)47(93-55)50(60)77)92-52-31(63-26(3)65)34(68)43(28(88-52)23-85-53-39(73)35(69)32(66)27(22-64)87-53)89-42-25(2)41(30(48(58)75)33(67)37(42)71)90-54-40(74)36(70)38(72)44(91-54)49(59)76/h25,27-47,52-55,62,64,66-74,81H,5-24H2,1-4H3,(H2,58,75)(H2,59,76)(H2,60,77)(H2,61,80)(H,63,65)(H,78,79)(H,82,83)/t25?,27?,28?,29-,30?,31?,32?,33?,34?,35?,36?,37?,38?,39?,40?,41?,42?,43?,44?,45?,46?,47?,52?,53?,54?,55?,57?/m1/s1. The molecule has 556 valence electrons. The van der Waals surface area contributed by atoms with Crippen molar-refractivity contribution in [3.8, 4) is 0 Å². The van der Waals surface area contributed by atoms with Crippen LogP contribution in [0.3, 0.4) is 0 Å². The molecule has 28 atom stereocenters. The molecule has 4 saturated heterocycles. The van der Waals surface area contributed by atoms with Gasteiger partial charge in [0.15, 0.2) is 55.7 Å². The molecule has 23 N–H and O–H groups in total. The molecule has 96 heavy (non-hydrogen) atoms. The number of phosphoric acid groups is 1. The van der Waals surface area contributed by atoms with Gasteiger partial charge in [-0.05, 0) is 19.9 Å². The highest BCUT2D eigenvalue weighted by Crippen LogP contribution is 2.49. The number of carbonyl (C=O) groups is 6. The van der Waals surface area contributed by atoms with Crippen LogP contribution in [0.2, 0.25) is 0 Å². The molecule has 4 heterocycles. The van der Waals surface area contributed by atoms with Crippen molar-refractivity contribution in [2.24, 2.45) is 34.8 Å². The Kier molecular flexibility index (Phi) is 33.2. The van der Waals surface area contributed by atoms with Crippen molar-refractivity contribution >= 4 is 43.5 Å². The van der Waals surface area contributed by atoms with Crippen LogP contribution < -0.4 is 33.6 Å². The summed E-state index contributed by atoms with van der Waals surface area (Å²) in [6.07, 6.45) is -35.0. The van der Waals surface area contributed by atoms with Gasteiger partial charge in [0, 0.05) is 19.4 Å². The highest BCUT2D eigenvalue weighted by atomic mass is 31.2. The number of carbonyl (C=O) groups excluding carboxylic acids is 5. The second kappa shape index (κ2) is 38.6. The Labute approximate surface area is 553 Å². The average molecular weight is 1410 g/mol. The summed E-state index contributed by atoms with van der Waals surface area (Å²) >= 11 is 0. The normalized spacial score (nSPS) is 38.2. The first-order chi connectivity index (χ1) is 45.2. The molecule has 0 aromatic rings. The minimum Gasteiger partial charge on any atom is -0.479 e. The van der Waals surface area contributed by atoms with E-state index in [0.29, 0.717) is 6.54 Å². The van der Waals surface area contributed by atoms with Gasteiger partial charge < -0.3 is 147 Å². The maximum atomic E-state index is 13.9. The van der Waals surface area contributed by atoms with Crippen molar-refractivity contribution in [1.82, 2.24) is 10.6 Å². The van der Waals surface area contributed by atoms with E-state index in [1.54, 1.807) is 0 Å². The van der Waals surface area contributed by atoms with Crippen LogP contribution >= 0.6 is 7.82 Å². The number of phosphoric ester groups is 1. The van der Waals surface area contributed by atoms with E-state index in [0.717, 1.165) is 46.0 Å². The first-order valence-corrected chi connectivity index (χ1v) is 33.7. The van der Waals surface area contributed by atoms with Crippen molar-refractivity contribution in [3.63, 3.8) is 0 Å². The monoisotopic (exact) mass is 1410 g/mol. The van der Waals surface area contributed by atoms with Gasteiger partial charge in [-0.15, -0.1) is 0 Å². The van der Waals surface area contributed by atoms with Crippen LogP contribution in [-0.2, 0) is 85.0 Å². The number of aliphatic hydroxyl groups excluding tert-OH is 10. The zero-order valence-electron chi connectivity index (χ0n) is 54.0. The van der Waals surface area contributed by atoms with E-state index < -0.39 is 228 Å². The van der Waals surface area contributed by atoms with E-state index >= 15 is 0 Å². The zero-order valence-corrected chi connectivity index (χ0v) is 54.9. The van der Waals surface area contributed by atoms with Gasteiger partial charge in [-0.1, -0.05) is 97.3 Å². The number of hydrogen-bond donors (Lipinski definition) is 19. The Morgan fingerprint density at radius 3 is 1.71 bits per heavy atom. The predicted molar refractivity (Wildman–Crippen MR) is 320 cm³/mol. The number of carboxylic acids is 1. The van der Waals surface area contributed by atoms with Crippen LogP contribution in [0.4, 0.5) is 4.79 Å². The number of carboxylic acid groups (broad SMARTS) is 1. The number of unbranched alkanes of at least 4 members (excludes halogenated alkanes) is 13. The molecule has 38 nitrogen and oxygen atoms in total. The molecule has 0 aromatic carbocycles. The third-order valence-corrected chi connectivity index (χ3v) is 18.4. The Bertz CT molecular complexity index is 2500. The Hall–Kier alpha value is -4.11. The van der Waals surface area contributed by atoms with Gasteiger partial charge in [0.05, 0.1) is 50.7 Å². The van der Waals surface area contributed by atoms with Gasteiger partial charge in [-0.25, -0.2) is 14.2 Å². The molecular weight excluding hydrogens is 1310 g/mol. The molecule has 5 aliphatic rings. The number of nitrogens with two attached hydrogens (primary N) is 4. The highest BCUT2D eigenvalue weighted by Gasteiger charge is 2.63. The molecule has 4 aliphatic heterocycles. The van der Waals surface area contributed by atoms with Gasteiger partial charge >= 0.3 is 19.9 Å². The van der Waals surface area contributed by atoms with Crippen molar-refractivity contribution in [2.45, 2.75) is 270 Å². The number of ether oxygens (including phenoxy) is 10. The fourth-order valence-corrected chi connectivity index (χ4v) is 13.0. The lowest BCUT2D eigenvalue weighted by Gasteiger charge is -2.52. The summed E-state index contributed by atoms with van der Waals surface area (Å²) in [5, 5.41) is 137. The maximum Gasteiger partial charge on any atom is 0.474 e. The molecule has 0 radical (unpaired) electrons. The van der Waals surface area contributed by atoms with E-state index in [1.807, 2.05) is 0 Å². The van der Waals surface area contributed by atoms with Crippen molar-refractivity contribution in [3.05, 3.63) is 0 Å². The fraction of sp³-hybridized carbons (Fsp3) is 0.895.